The zero-order chi connectivity index (χ0) is 12.6. The third kappa shape index (κ3) is 2.21. The first-order valence-electron chi connectivity index (χ1n) is 4.49. The monoisotopic (exact) mass is 272 g/mol. The highest BCUT2D eigenvalue weighted by molar-refractivity contribution is 7.57. The Labute approximate surface area is 101 Å². The standard InChI is InChI=1S/C9H8ClN2O4P/c10-6-3-1-2-4-7(6)12-9(13)8(5-11-12)17(14,15)16/h1-5,11H,(H2,14,15,16)/p-2. The Morgan fingerprint density at radius 1 is 1.29 bits per heavy atom. The maximum Gasteiger partial charge on any atom is 0.279 e. The first-order chi connectivity index (χ1) is 7.91. The van der Waals surface area contributed by atoms with Crippen molar-refractivity contribution >= 4 is 24.5 Å². The summed E-state index contributed by atoms with van der Waals surface area (Å²) in [6.07, 6.45) is 0.854. The van der Waals surface area contributed by atoms with E-state index < -0.39 is 18.5 Å². The van der Waals surface area contributed by atoms with E-state index in [1.165, 1.54) is 12.1 Å². The molecule has 1 N–H and O–H groups in total. The number of H-pyrrole nitrogens is 1. The molecule has 6 nitrogen and oxygen atoms in total. The number of benzene rings is 1. The molecule has 0 fully saturated rings. The van der Waals surface area contributed by atoms with Crippen LogP contribution in [0.2, 0.25) is 5.02 Å². The SMILES string of the molecule is O=c1c(P(=O)([O-])[O-])c[nH]n1-c1ccccc1Cl. The Kier molecular flexibility index (Phi) is 2.97. The van der Waals surface area contributed by atoms with Gasteiger partial charge in [-0.1, -0.05) is 23.7 Å². The van der Waals surface area contributed by atoms with Gasteiger partial charge in [0.1, 0.15) is 0 Å². The highest BCUT2D eigenvalue weighted by Gasteiger charge is 2.12. The summed E-state index contributed by atoms with van der Waals surface area (Å²) in [5.41, 5.74) is -0.662. The fourth-order valence-corrected chi connectivity index (χ4v) is 2.14. The first kappa shape index (κ1) is 12.1. The van der Waals surface area contributed by atoms with Gasteiger partial charge in [0.2, 0.25) is 0 Å². The molecule has 0 atom stereocenters. The third-order valence-corrected chi connectivity index (χ3v) is 3.37. The van der Waals surface area contributed by atoms with E-state index in [9.17, 15) is 19.1 Å². The Morgan fingerprint density at radius 2 is 1.94 bits per heavy atom. The number of aromatic amines is 1. The van der Waals surface area contributed by atoms with Gasteiger partial charge in [0, 0.05) is 6.20 Å². The van der Waals surface area contributed by atoms with Crippen LogP contribution in [-0.2, 0) is 4.57 Å². The minimum atomic E-state index is -5.08. The van der Waals surface area contributed by atoms with Crippen LogP contribution in [0.3, 0.4) is 0 Å². The summed E-state index contributed by atoms with van der Waals surface area (Å²) in [5.74, 6) is 0. The highest BCUT2D eigenvalue weighted by Crippen LogP contribution is 2.21. The lowest BCUT2D eigenvalue weighted by atomic mass is 10.3. The summed E-state index contributed by atoms with van der Waals surface area (Å²) in [6, 6.07) is 6.34. The molecule has 1 aromatic carbocycles. The number of nitrogens with one attached hydrogen (secondary N) is 1. The number of nitrogens with zero attached hydrogens (tertiary/aromatic N) is 1. The van der Waals surface area contributed by atoms with Gasteiger partial charge in [0.15, 0.2) is 0 Å². The molecule has 0 spiro atoms. The van der Waals surface area contributed by atoms with Gasteiger partial charge in [0.05, 0.1) is 16.0 Å². The second-order valence-corrected chi connectivity index (χ2v) is 5.13. The molecule has 0 saturated carbocycles. The van der Waals surface area contributed by atoms with Gasteiger partial charge >= 0.3 is 0 Å². The summed E-state index contributed by atoms with van der Waals surface area (Å²) in [4.78, 5) is 33.2. The molecule has 0 aliphatic rings. The molecule has 0 aliphatic carbocycles. The predicted octanol–water partition coefficient (Wildman–Crippen LogP) is -0.642. The maximum atomic E-state index is 11.7. The lowest BCUT2D eigenvalue weighted by Crippen LogP contribution is -2.35. The number of hydrogen-bond acceptors (Lipinski definition) is 4. The van der Waals surface area contributed by atoms with Gasteiger partial charge in [-0.05, 0) is 19.7 Å². The molecule has 0 bridgehead atoms. The Hall–Kier alpha value is -1.33. The van der Waals surface area contributed by atoms with E-state index in [0.29, 0.717) is 0 Å². The van der Waals surface area contributed by atoms with Gasteiger partial charge in [-0.15, -0.1) is 0 Å². The van der Waals surface area contributed by atoms with Crippen molar-refractivity contribution in [1.82, 2.24) is 9.78 Å². The van der Waals surface area contributed by atoms with Crippen LogP contribution >= 0.6 is 19.2 Å². The molecular formula is C9H6ClN2O4P-2. The van der Waals surface area contributed by atoms with Crippen LogP contribution in [0.25, 0.3) is 5.69 Å². The van der Waals surface area contributed by atoms with Gasteiger partial charge in [-0.25, -0.2) is 4.68 Å². The minimum absolute atomic E-state index is 0.259. The van der Waals surface area contributed by atoms with Crippen LogP contribution in [0, 0.1) is 0 Å². The van der Waals surface area contributed by atoms with E-state index in [1.807, 2.05) is 0 Å². The summed E-state index contributed by atoms with van der Waals surface area (Å²) in [7, 11) is -5.08. The fourth-order valence-electron chi connectivity index (χ4n) is 1.37. The van der Waals surface area contributed by atoms with Crippen molar-refractivity contribution in [2.75, 3.05) is 0 Å². The first-order valence-corrected chi connectivity index (χ1v) is 6.41. The van der Waals surface area contributed by atoms with Gasteiger partial charge < -0.3 is 14.4 Å². The normalized spacial score (nSPS) is 11.7. The zero-order valence-corrected chi connectivity index (χ0v) is 9.94. The van der Waals surface area contributed by atoms with E-state index in [0.717, 1.165) is 10.9 Å². The quantitative estimate of drug-likeness (QED) is 0.735. The van der Waals surface area contributed by atoms with Gasteiger partial charge in [-0.3, -0.25) is 9.89 Å². The van der Waals surface area contributed by atoms with Crippen LogP contribution in [0.15, 0.2) is 35.3 Å². The molecule has 0 aliphatic heterocycles. The summed E-state index contributed by atoms with van der Waals surface area (Å²) < 4.78 is 11.7. The average molecular weight is 273 g/mol. The van der Waals surface area contributed by atoms with Crippen LogP contribution in [0.5, 0.6) is 0 Å². The van der Waals surface area contributed by atoms with Crippen molar-refractivity contribution in [3.05, 3.63) is 45.8 Å². The summed E-state index contributed by atoms with van der Waals surface area (Å²) in [5, 5.41) is 1.84. The molecule has 0 radical (unpaired) electrons. The molecule has 17 heavy (non-hydrogen) atoms. The van der Waals surface area contributed by atoms with Gasteiger partial charge in [0.25, 0.3) is 5.56 Å². The lowest BCUT2D eigenvalue weighted by molar-refractivity contribution is -0.308. The van der Waals surface area contributed by atoms with Crippen LogP contribution in [-0.4, -0.2) is 9.78 Å². The molecule has 2 rings (SSSR count). The molecule has 90 valence electrons. The Bertz CT molecular complexity index is 657. The smallest absolute Gasteiger partial charge is 0.279 e. The van der Waals surface area contributed by atoms with E-state index in [1.54, 1.807) is 12.1 Å². The van der Waals surface area contributed by atoms with E-state index in [-0.39, 0.29) is 10.7 Å². The van der Waals surface area contributed by atoms with Gasteiger partial charge in [-0.2, -0.15) is 0 Å². The summed E-state index contributed by atoms with van der Waals surface area (Å²) >= 11 is 5.85. The molecule has 0 saturated heterocycles. The molecular weight excluding hydrogens is 267 g/mol. The molecule has 1 aromatic heterocycles. The average Bonchev–Trinajstić information content (AvgIpc) is 2.60. The zero-order valence-electron chi connectivity index (χ0n) is 8.29. The number of rotatable bonds is 2. The van der Waals surface area contributed by atoms with Crippen LogP contribution in [0.1, 0.15) is 0 Å². The number of halogens is 1. The second kappa shape index (κ2) is 4.16. The number of aromatic nitrogens is 2. The van der Waals surface area contributed by atoms with Crippen LogP contribution in [0.4, 0.5) is 0 Å². The Balaban J connectivity index is 2.65. The van der Waals surface area contributed by atoms with Crippen molar-refractivity contribution in [1.29, 1.82) is 0 Å². The summed E-state index contributed by atoms with van der Waals surface area (Å²) in [6.45, 7) is 0. The van der Waals surface area contributed by atoms with E-state index >= 15 is 0 Å². The van der Waals surface area contributed by atoms with Crippen molar-refractivity contribution in [3.8, 4) is 5.69 Å². The van der Waals surface area contributed by atoms with Crippen LogP contribution < -0.4 is 20.7 Å². The van der Waals surface area contributed by atoms with Crippen molar-refractivity contribution in [2.45, 2.75) is 0 Å². The highest BCUT2D eigenvalue weighted by atomic mass is 35.5. The predicted molar refractivity (Wildman–Crippen MR) is 58.6 cm³/mol. The van der Waals surface area contributed by atoms with E-state index in [2.05, 4.69) is 5.10 Å². The molecule has 8 heteroatoms. The number of para-hydroxylation sites is 1. The second-order valence-electron chi connectivity index (χ2n) is 3.25. The Morgan fingerprint density at radius 3 is 2.47 bits per heavy atom. The maximum absolute atomic E-state index is 11.7. The number of hydrogen-bond donors (Lipinski definition) is 1. The lowest BCUT2D eigenvalue weighted by Gasteiger charge is -2.26. The third-order valence-electron chi connectivity index (χ3n) is 2.14. The molecule has 0 unspecified atom stereocenters. The minimum Gasteiger partial charge on any atom is -0.807 e. The molecule has 0 amide bonds. The fraction of sp³-hybridized carbons (Fsp3) is 0. The van der Waals surface area contributed by atoms with Crippen molar-refractivity contribution in [2.24, 2.45) is 0 Å². The van der Waals surface area contributed by atoms with Crippen molar-refractivity contribution in [3.63, 3.8) is 0 Å². The molecule has 1 heterocycles. The largest absolute Gasteiger partial charge is 0.807 e. The van der Waals surface area contributed by atoms with E-state index in [4.69, 9.17) is 11.6 Å². The van der Waals surface area contributed by atoms with Crippen molar-refractivity contribution < 1.29 is 14.4 Å². The molecule has 2 aromatic rings. The topological polar surface area (TPSA) is 101 Å².